The molecule has 8 rings (SSSR count). The van der Waals surface area contributed by atoms with Crippen LogP contribution in [0.3, 0.4) is 0 Å². The summed E-state index contributed by atoms with van der Waals surface area (Å²) in [6.45, 7) is -2.08. The van der Waals surface area contributed by atoms with E-state index in [2.05, 4.69) is 21.3 Å². The van der Waals surface area contributed by atoms with Crippen LogP contribution < -0.4 is 19.5 Å². The second-order valence-corrected chi connectivity index (χ2v) is 11.4. The number of methoxy groups -OCH3 is 1. The summed E-state index contributed by atoms with van der Waals surface area (Å²) in [7, 11) is 1.39. The first kappa shape index (κ1) is 25.1. The number of alkyl halides is 2. The third-order valence-electron chi connectivity index (χ3n) is 8.89. The van der Waals surface area contributed by atoms with Crippen LogP contribution >= 0.6 is 0 Å². The molecule has 0 radical (unpaired) electrons. The molecule has 4 bridgehead atoms. The van der Waals surface area contributed by atoms with Gasteiger partial charge in [0.2, 0.25) is 0 Å². The normalized spacial score (nSPS) is 28.2. The molecule has 4 aliphatic heterocycles. The second kappa shape index (κ2) is 9.34. The molecule has 5 fully saturated rings. The van der Waals surface area contributed by atoms with Gasteiger partial charge in [0.15, 0.2) is 0 Å². The van der Waals surface area contributed by atoms with E-state index in [9.17, 15) is 18.8 Å². The van der Waals surface area contributed by atoms with Gasteiger partial charge in [-0.1, -0.05) is 0 Å². The minimum Gasteiger partial charge on any atom is -0.496 e. The molecule has 5 aliphatic rings. The first-order valence-electron chi connectivity index (χ1n) is 13.6. The van der Waals surface area contributed by atoms with Crippen LogP contribution in [0, 0.1) is 16.7 Å². The Hall–Kier alpha value is -3.91. The van der Waals surface area contributed by atoms with Gasteiger partial charge < -0.3 is 19.5 Å². The number of ether oxygens (including phenoxy) is 3. The highest BCUT2D eigenvalue weighted by Crippen LogP contribution is 2.59. The molecule has 1 saturated carbocycles. The lowest BCUT2D eigenvalue weighted by atomic mass is 9.71. The molecule has 1 aromatic carbocycles. The van der Waals surface area contributed by atoms with Crippen LogP contribution in [0.1, 0.15) is 48.9 Å². The Bertz CT molecular complexity index is 1530. The number of carbonyl (C=O) groups is 1. The SMILES string of the molecule is COc1cc(-c2cnc3cc(O[C@H]4C[C@@H]5CC6(CC#N)CN5[C@H]6C4)ccn23)cc(OC(F)F)c1C(=O)NC1CC1. The van der Waals surface area contributed by atoms with E-state index >= 15 is 0 Å². The highest BCUT2D eigenvalue weighted by molar-refractivity contribution is 6.01. The first-order valence-corrected chi connectivity index (χ1v) is 13.6. The van der Waals surface area contributed by atoms with Crippen LogP contribution in [0.5, 0.6) is 17.2 Å². The zero-order valence-electron chi connectivity index (χ0n) is 22.0. The monoisotopic (exact) mass is 549 g/mol. The van der Waals surface area contributed by atoms with Gasteiger partial charge in [0.25, 0.3) is 5.91 Å². The predicted molar refractivity (Wildman–Crippen MR) is 140 cm³/mol. The summed E-state index contributed by atoms with van der Waals surface area (Å²) in [5, 5.41) is 12.1. The van der Waals surface area contributed by atoms with E-state index in [-0.39, 0.29) is 34.6 Å². The van der Waals surface area contributed by atoms with Crippen LogP contribution in [0.25, 0.3) is 16.9 Å². The summed E-state index contributed by atoms with van der Waals surface area (Å²) in [5.41, 5.74) is 1.84. The van der Waals surface area contributed by atoms with Crippen molar-refractivity contribution in [2.24, 2.45) is 5.41 Å². The summed E-state index contributed by atoms with van der Waals surface area (Å²) in [6.07, 6.45) is 8.81. The van der Waals surface area contributed by atoms with Gasteiger partial charge in [-0.05, 0) is 43.9 Å². The van der Waals surface area contributed by atoms with Gasteiger partial charge in [-0.25, -0.2) is 4.98 Å². The molecule has 9 nitrogen and oxygen atoms in total. The summed E-state index contributed by atoms with van der Waals surface area (Å²) >= 11 is 0. The molecular formula is C29H29F2N5O4. The Kier molecular flexibility index (Phi) is 5.85. The van der Waals surface area contributed by atoms with Gasteiger partial charge in [0.05, 0.1) is 25.1 Å². The Labute approximate surface area is 229 Å². The van der Waals surface area contributed by atoms with E-state index in [0.717, 1.165) is 38.6 Å². The minimum absolute atomic E-state index is 0.0390. The van der Waals surface area contributed by atoms with Gasteiger partial charge >= 0.3 is 6.61 Å². The number of nitriles is 1. The highest BCUT2D eigenvalue weighted by Gasteiger charge is 2.64. The van der Waals surface area contributed by atoms with Crippen molar-refractivity contribution in [2.45, 2.75) is 69.4 Å². The molecule has 6 heterocycles. The predicted octanol–water partition coefficient (Wildman–Crippen LogP) is 4.40. The molecule has 4 saturated heterocycles. The summed E-state index contributed by atoms with van der Waals surface area (Å²) in [6, 6.07) is 10.1. The number of halogens is 2. The molecule has 1 aliphatic carbocycles. The van der Waals surface area contributed by atoms with Crippen molar-refractivity contribution in [2.75, 3.05) is 13.7 Å². The zero-order chi connectivity index (χ0) is 27.6. The standard InChI is InChI=1S/C29H29F2N5O4/c1-38-22-8-16(9-23(40-28(30)31)26(22)27(37)34-17-2-3-17)21-14-33-25-12-19(4-7-35(21)25)39-20-10-18-13-29(5-6-32)15-36(18)24(29)11-20/h4,7-9,12,14,17-18,20,24,28H,2-3,5,10-11,13,15H2,1H3,(H,34,37)/t18-,20+,24+,29?/m1/s1. The Morgan fingerprint density at radius 2 is 2.10 bits per heavy atom. The van der Waals surface area contributed by atoms with Crippen molar-refractivity contribution >= 4 is 11.6 Å². The van der Waals surface area contributed by atoms with Crippen molar-refractivity contribution in [1.29, 1.82) is 5.26 Å². The lowest BCUT2D eigenvalue weighted by Gasteiger charge is -2.52. The Morgan fingerprint density at radius 1 is 1.27 bits per heavy atom. The number of nitrogens with zero attached hydrogens (tertiary/aromatic N) is 4. The van der Waals surface area contributed by atoms with Crippen LogP contribution in [0.2, 0.25) is 0 Å². The fourth-order valence-corrected chi connectivity index (χ4v) is 6.98. The number of nitrogens with one attached hydrogen (secondary N) is 1. The van der Waals surface area contributed by atoms with Gasteiger partial charge in [-0.2, -0.15) is 14.0 Å². The van der Waals surface area contributed by atoms with Crippen LogP contribution in [-0.2, 0) is 0 Å². The molecule has 5 atom stereocenters. The average Bonchev–Trinajstić information content (AvgIpc) is 3.44. The fraction of sp³-hybridized carbons (Fsp3) is 0.483. The molecule has 2 unspecified atom stereocenters. The fourth-order valence-electron chi connectivity index (χ4n) is 6.98. The zero-order valence-corrected chi connectivity index (χ0v) is 22.0. The van der Waals surface area contributed by atoms with Crippen LogP contribution in [0.4, 0.5) is 8.78 Å². The number of fused-ring (bicyclic) bond motifs is 1. The number of aromatic nitrogens is 2. The number of hydrogen-bond acceptors (Lipinski definition) is 7. The lowest BCUT2D eigenvalue weighted by Crippen LogP contribution is -2.61. The quantitative estimate of drug-likeness (QED) is 0.422. The number of hydrogen-bond donors (Lipinski definition) is 1. The number of piperidine rings is 1. The van der Waals surface area contributed by atoms with E-state index < -0.39 is 12.5 Å². The highest BCUT2D eigenvalue weighted by atomic mass is 19.3. The number of carbonyl (C=O) groups excluding carboxylic acids is 1. The summed E-state index contributed by atoms with van der Waals surface area (Å²) in [5.74, 6) is 0.0778. The number of benzene rings is 1. The number of rotatable bonds is 9. The first-order chi connectivity index (χ1) is 19.4. The number of amides is 1. The second-order valence-electron chi connectivity index (χ2n) is 11.4. The Morgan fingerprint density at radius 3 is 2.85 bits per heavy atom. The van der Waals surface area contributed by atoms with E-state index in [1.165, 1.54) is 13.2 Å². The van der Waals surface area contributed by atoms with E-state index in [1.54, 1.807) is 12.3 Å². The lowest BCUT2D eigenvalue weighted by molar-refractivity contribution is -0.0565. The van der Waals surface area contributed by atoms with E-state index in [1.807, 2.05) is 22.7 Å². The van der Waals surface area contributed by atoms with E-state index in [4.69, 9.17) is 14.2 Å². The molecule has 3 aromatic rings. The van der Waals surface area contributed by atoms with Gasteiger partial charge in [-0.3, -0.25) is 14.1 Å². The molecule has 40 heavy (non-hydrogen) atoms. The van der Waals surface area contributed by atoms with Crippen molar-refractivity contribution < 1.29 is 27.8 Å². The van der Waals surface area contributed by atoms with E-state index in [0.29, 0.717) is 41.2 Å². The molecule has 0 spiro atoms. The average molecular weight is 550 g/mol. The smallest absolute Gasteiger partial charge is 0.387 e. The molecular weight excluding hydrogens is 520 g/mol. The third-order valence-corrected chi connectivity index (χ3v) is 8.89. The van der Waals surface area contributed by atoms with Gasteiger partial charge in [0, 0.05) is 60.8 Å². The summed E-state index contributed by atoms with van der Waals surface area (Å²) < 4.78 is 45.1. The molecule has 11 heteroatoms. The van der Waals surface area contributed by atoms with Crippen molar-refractivity contribution in [1.82, 2.24) is 19.6 Å². The third kappa shape index (κ3) is 4.13. The number of pyridine rings is 1. The largest absolute Gasteiger partial charge is 0.496 e. The molecule has 208 valence electrons. The maximum absolute atomic E-state index is 13.3. The van der Waals surface area contributed by atoms with Crippen LogP contribution in [0.15, 0.2) is 36.7 Å². The topological polar surface area (TPSA) is 101 Å². The van der Waals surface area contributed by atoms with Crippen molar-refractivity contribution in [3.8, 4) is 34.6 Å². The van der Waals surface area contributed by atoms with Gasteiger partial charge in [0.1, 0.15) is 34.6 Å². The summed E-state index contributed by atoms with van der Waals surface area (Å²) in [4.78, 5) is 19.9. The maximum Gasteiger partial charge on any atom is 0.387 e. The molecule has 1 N–H and O–H groups in total. The van der Waals surface area contributed by atoms with Crippen LogP contribution in [-0.4, -0.2) is 64.7 Å². The maximum atomic E-state index is 13.3. The number of imidazole rings is 1. The molecule has 2 aromatic heterocycles. The molecule has 1 amide bonds. The van der Waals surface area contributed by atoms with Crippen molar-refractivity contribution in [3.63, 3.8) is 0 Å². The Balaban J connectivity index is 1.15. The minimum atomic E-state index is -3.11. The van der Waals surface area contributed by atoms with Crippen molar-refractivity contribution in [3.05, 3.63) is 42.2 Å². The van der Waals surface area contributed by atoms with Gasteiger partial charge in [-0.15, -0.1) is 0 Å².